The summed E-state index contributed by atoms with van der Waals surface area (Å²) >= 11 is 2.04. The molecule has 2 aliphatic heterocycles. The van der Waals surface area contributed by atoms with Crippen molar-refractivity contribution in [3.8, 4) is 0 Å². The molecule has 2 aliphatic rings. The predicted molar refractivity (Wildman–Crippen MR) is 66.2 cm³/mol. The monoisotopic (exact) mass is 220 g/mol. The molecule has 2 fully saturated rings. The average Bonchev–Trinajstić information content (AvgIpc) is 2.91. The molecule has 2 nitrogen and oxygen atoms in total. The van der Waals surface area contributed by atoms with Gasteiger partial charge < -0.3 is 9.62 Å². The van der Waals surface area contributed by atoms with Crippen molar-refractivity contribution in [2.75, 3.05) is 23.9 Å². The first kappa shape index (κ1) is 9.55. The first-order valence-corrected chi connectivity index (χ1v) is 6.38. The molecule has 1 spiro atoms. The summed E-state index contributed by atoms with van der Waals surface area (Å²) in [6.45, 7) is 3.56. The van der Waals surface area contributed by atoms with Gasteiger partial charge in [0.25, 0.3) is 0 Å². The van der Waals surface area contributed by atoms with Gasteiger partial charge in [-0.15, -0.1) is 0 Å². The molecule has 1 aromatic rings. The van der Waals surface area contributed by atoms with Crippen LogP contribution in [0.15, 0.2) is 30.3 Å². The summed E-state index contributed by atoms with van der Waals surface area (Å²) in [6.07, 6.45) is 2.64. The van der Waals surface area contributed by atoms with Gasteiger partial charge in [0.2, 0.25) is 0 Å². The predicted octanol–water partition coefficient (Wildman–Crippen LogP) is 2.28. The minimum atomic E-state index is 0.496. The van der Waals surface area contributed by atoms with Crippen LogP contribution < -0.4 is 9.62 Å². The molecule has 1 N–H and O–H groups in total. The fourth-order valence-electron chi connectivity index (χ4n) is 2.42. The largest absolute Gasteiger partial charge is 0.316 e. The van der Waals surface area contributed by atoms with Gasteiger partial charge in [-0.3, -0.25) is 0 Å². The van der Waals surface area contributed by atoms with Gasteiger partial charge >= 0.3 is 0 Å². The number of rotatable bonds is 1. The highest BCUT2D eigenvalue weighted by atomic mass is 32.2. The molecule has 0 bridgehead atoms. The average molecular weight is 220 g/mol. The zero-order chi connectivity index (χ0) is 10.1. The second-order valence-electron chi connectivity index (χ2n) is 4.39. The molecular formula is C12H16N2S. The highest BCUT2D eigenvalue weighted by Crippen LogP contribution is 2.45. The van der Waals surface area contributed by atoms with Crippen LogP contribution in [0.4, 0.5) is 5.69 Å². The fraction of sp³-hybridized carbons (Fsp3) is 0.500. The number of nitrogens with zero attached hydrogens (tertiary/aromatic N) is 1. The topological polar surface area (TPSA) is 15.3 Å². The Bertz CT molecular complexity index is 333. The van der Waals surface area contributed by atoms with E-state index in [1.165, 1.54) is 38.2 Å². The van der Waals surface area contributed by atoms with Gasteiger partial charge in [0, 0.05) is 18.8 Å². The van der Waals surface area contributed by atoms with Crippen LogP contribution in [-0.4, -0.2) is 24.4 Å². The number of hydrogen-bond acceptors (Lipinski definition) is 3. The van der Waals surface area contributed by atoms with Crippen molar-refractivity contribution in [1.82, 2.24) is 5.32 Å². The molecule has 3 heteroatoms. The van der Waals surface area contributed by atoms with Gasteiger partial charge in [0.15, 0.2) is 0 Å². The number of para-hydroxylation sites is 1. The van der Waals surface area contributed by atoms with E-state index in [1.54, 1.807) is 0 Å². The molecule has 0 saturated carbocycles. The minimum absolute atomic E-state index is 0.496. The van der Waals surface area contributed by atoms with Gasteiger partial charge in [-0.1, -0.05) is 18.2 Å². The van der Waals surface area contributed by atoms with E-state index in [1.807, 2.05) is 11.9 Å². The maximum absolute atomic E-state index is 3.48. The lowest BCUT2D eigenvalue weighted by molar-refractivity contribution is 0.625. The Kier molecular flexibility index (Phi) is 2.37. The molecule has 0 amide bonds. The molecule has 0 aromatic heterocycles. The molecule has 1 atom stereocenters. The van der Waals surface area contributed by atoms with Crippen molar-refractivity contribution < 1.29 is 0 Å². The lowest BCUT2D eigenvalue weighted by atomic mass is 10.0. The minimum Gasteiger partial charge on any atom is -0.316 e. The van der Waals surface area contributed by atoms with Crippen molar-refractivity contribution in [2.45, 2.75) is 17.6 Å². The normalized spacial score (nSPS) is 30.3. The SMILES string of the molecule is c1ccc(N2CC[C@]3(CCNC3)S2)cc1. The Morgan fingerprint density at radius 2 is 2.07 bits per heavy atom. The van der Waals surface area contributed by atoms with Crippen molar-refractivity contribution in [1.29, 1.82) is 0 Å². The van der Waals surface area contributed by atoms with Crippen LogP contribution in [0.25, 0.3) is 0 Å². The number of benzene rings is 1. The van der Waals surface area contributed by atoms with Crippen molar-refractivity contribution in [2.24, 2.45) is 0 Å². The first-order valence-electron chi connectivity index (χ1n) is 5.60. The lowest BCUT2D eigenvalue weighted by Gasteiger charge is -2.22. The lowest BCUT2D eigenvalue weighted by Crippen LogP contribution is -2.24. The summed E-state index contributed by atoms with van der Waals surface area (Å²) < 4.78 is 2.95. The molecule has 0 radical (unpaired) electrons. The Hall–Kier alpha value is -0.670. The molecule has 0 aliphatic carbocycles. The Labute approximate surface area is 95.2 Å². The van der Waals surface area contributed by atoms with Gasteiger partial charge in [-0.05, 0) is 43.5 Å². The van der Waals surface area contributed by atoms with E-state index in [4.69, 9.17) is 0 Å². The maximum Gasteiger partial charge on any atom is 0.0513 e. The summed E-state index contributed by atoms with van der Waals surface area (Å²) in [5, 5.41) is 3.48. The molecule has 3 rings (SSSR count). The van der Waals surface area contributed by atoms with E-state index in [-0.39, 0.29) is 0 Å². The Morgan fingerprint density at radius 3 is 2.80 bits per heavy atom. The van der Waals surface area contributed by atoms with Crippen LogP contribution in [-0.2, 0) is 0 Å². The van der Waals surface area contributed by atoms with E-state index in [0.717, 1.165) is 0 Å². The third-order valence-corrected chi connectivity index (χ3v) is 4.88. The van der Waals surface area contributed by atoms with E-state index in [2.05, 4.69) is 40.0 Å². The smallest absolute Gasteiger partial charge is 0.0513 e. The summed E-state index contributed by atoms with van der Waals surface area (Å²) in [6, 6.07) is 10.7. The number of nitrogens with one attached hydrogen (secondary N) is 1. The van der Waals surface area contributed by atoms with Crippen LogP contribution in [0.1, 0.15) is 12.8 Å². The molecule has 0 unspecified atom stereocenters. The van der Waals surface area contributed by atoms with Crippen LogP contribution in [0, 0.1) is 0 Å². The van der Waals surface area contributed by atoms with Gasteiger partial charge in [0.1, 0.15) is 0 Å². The zero-order valence-electron chi connectivity index (χ0n) is 8.78. The summed E-state index contributed by atoms with van der Waals surface area (Å²) in [5.41, 5.74) is 1.35. The highest BCUT2D eigenvalue weighted by Gasteiger charge is 2.41. The maximum atomic E-state index is 3.48. The molecule has 2 saturated heterocycles. The number of hydrogen-bond donors (Lipinski definition) is 1. The molecule has 80 valence electrons. The van der Waals surface area contributed by atoms with Crippen LogP contribution in [0.3, 0.4) is 0 Å². The van der Waals surface area contributed by atoms with Crippen molar-refractivity contribution >= 4 is 17.6 Å². The van der Waals surface area contributed by atoms with E-state index >= 15 is 0 Å². The van der Waals surface area contributed by atoms with Gasteiger partial charge in [-0.2, -0.15) is 0 Å². The second-order valence-corrected chi connectivity index (χ2v) is 5.88. The summed E-state index contributed by atoms with van der Waals surface area (Å²) in [4.78, 5) is 0. The molecular weight excluding hydrogens is 204 g/mol. The van der Waals surface area contributed by atoms with E-state index in [0.29, 0.717) is 4.75 Å². The van der Waals surface area contributed by atoms with E-state index < -0.39 is 0 Å². The zero-order valence-corrected chi connectivity index (χ0v) is 9.59. The Morgan fingerprint density at radius 1 is 1.20 bits per heavy atom. The molecule has 2 heterocycles. The van der Waals surface area contributed by atoms with Crippen LogP contribution in [0.5, 0.6) is 0 Å². The van der Waals surface area contributed by atoms with E-state index in [9.17, 15) is 0 Å². The van der Waals surface area contributed by atoms with Crippen molar-refractivity contribution in [3.05, 3.63) is 30.3 Å². The third kappa shape index (κ3) is 1.74. The fourth-order valence-corrected chi connectivity index (χ4v) is 3.84. The van der Waals surface area contributed by atoms with Gasteiger partial charge in [0.05, 0.1) is 4.75 Å². The number of anilines is 1. The van der Waals surface area contributed by atoms with Gasteiger partial charge in [-0.25, -0.2) is 0 Å². The second kappa shape index (κ2) is 3.72. The van der Waals surface area contributed by atoms with Crippen LogP contribution in [0.2, 0.25) is 0 Å². The highest BCUT2D eigenvalue weighted by molar-refractivity contribution is 8.02. The molecule has 15 heavy (non-hydrogen) atoms. The third-order valence-electron chi connectivity index (χ3n) is 3.32. The summed E-state index contributed by atoms with van der Waals surface area (Å²) in [7, 11) is 0. The van der Waals surface area contributed by atoms with Crippen molar-refractivity contribution in [3.63, 3.8) is 0 Å². The van der Waals surface area contributed by atoms with Crippen LogP contribution >= 0.6 is 11.9 Å². The Balaban J connectivity index is 1.76. The standard InChI is InChI=1S/C12H16N2S/c1-2-4-11(5-3-1)14-9-7-12(15-14)6-8-13-10-12/h1-5,13H,6-10H2/t12-/m0/s1. The first-order chi connectivity index (χ1) is 7.38. The quantitative estimate of drug-likeness (QED) is 0.731. The summed E-state index contributed by atoms with van der Waals surface area (Å²) in [5.74, 6) is 0. The molecule has 1 aromatic carbocycles.